The van der Waals surface area contributed by atoms with Gasteiger partial charge in [0.15, 0.2) is 11.5 Å². The van der Waals surface area contributed by atoms with E-state index in [9.17, 15) is 9.18 Å². The zero-order valence-corrected chi connectivity index (χ0v) is 20.6. The van der Waals surface area contributed by atoms with Crippen molar-refractivity contribution in [2.45, 2.75) is 13.8 Å². The van der Waals surface area contributed by atoms with Crippen LogP contribution in [0.3, 0.4) is 0 Å². The third-order valence-corrected chi connectivity index (χ3v) is 6.11. The molecular weight excluding hydrogens is 485 g/mol. The molecule has 0 unspecified atom stereocenters. The first-order valence-electron chi connectivity index (χ1n) is 12.0. The van der Waals surface area contributed by atoms with Gasteiger partial charge in [-0.05, 0) is 55.0 Å². The van der Waals surface area contributed by atoms with Crippen LogP contribution in [0.1, 0.15) is 23.0 Å². The van der Waals surface area contributed by atoms with Gasteiger partial charge in [-0.15, -0.1) is 0 Å². The van der Waals surface area contributed by atoms with Gasteiger partial charge in [0.1, 0.15) is 23.7 Å². The van der Waals surface area contributed by atoms with Crippen LogP contribution >= 0.6 is 0 Å². The van der Waals surface area contributed by atoms with Gasteiger partial charge in [-0.2, -0.15) is 14.9 Å². The topological polar surface area (TPSA) is 99.8 Å². The standard InChI is InChI=1S/C28H22FN7O2/c1-3-38-23-13-8-18-6-4-5-7-21(18)25(23)28(37)33-24-14-17(2)34-36(24)27-22-15-32-35(26(22)30-16-31-27)20-11-9-19(29)10-12-20/h4-16H,3H2,1-2H3,(H,33,37). The Morgan fingerprint density at radius 1 is 1.00 bits per heavy atom. The minimum absolute atomic E-state index is 0.335. The molecule has 3 heterocycles. The molecule has 38 heavy (non-hydrogen) atoms. The Hall–Kier alpha value is -5.12. The van der Waals surface area contributed by atoms with Crippen molar-refractivity contribution in [2.24, 2.45) is 0 Å². The number of carbonyl (C=O) groups is 1. The normalized spacial score (nSPS) is 11.2. The minimum atomic E-state index is -0.341. The molecule has 9 nitrogen and oxygen atoms in total. The van der Waals surface area contributed by atoms with Crippen molar-refractivity contribution >= 4 is 33.5 Å². The summed E-state index contributed by atoms with van der Waals surface area (Å²) in [6.07, 6.45) is 3.02. The van der Waals surface area contributed by atoms with E-state index in [0.29, 0.717) is 52.0 Å². The minimum Gasteiger partial charge on any atom is -0.493 e. The molecule has 1 amide bonds. The number of nitrogens with one attached hydrogen (secondary N) is 1. The molecule has 6 aromatic rings. The van der Waals surface area contributed by atoms with Crippen LogP contribution in [0.4, 0.5) is 10.2 Å². The summed E-state index contributed by atoms with van der Waals surface area (Å²) in [6.45, 7) is 4.13. The van der Waals surface area contributed by atoms with Crippen molar-refractivity contribution in [3.8, 4) is 17.3 Å². The fraction of sp³-hybridized carbons (Fsp3) is 0.107. The predicted molar refractivity (Wildman–Crippen MR) is 142 cm³/mol. The van der Waals surface area contributed by atoms with Gasteiger partial charge in [-0.25, -0.2) is 19.0 Å². The molecule has 0 aliphatic carbocycles. The first-order chi connectivity index (χ1) is 18.5. The van der Waals surface area contributed by atoms with Gasteiger partial charge in [0, 0.05) is 6.07 Å². The number of anilines is 1. The average Bonchev–Trinajstić information content (AvgIpc) is 3.52. The van der Waals surface area contributed by atoms with Crippen LogP contribution in [-0.4, -0.2) is 42.0 Å². The van der Waals surface area contributed by atoms with E-state index in [1.165, 1.54) is 18.5 Å². The number of halogens is 1. The maximum atomic E-state index is 13.7. The van der Waals surface area contributed by atoms with Crippen molar-refractivity contribution in [1.82, 2.24) is 29.5 Å². The molecule has 3 aromatic heterocycles. The lowest BCUT2D eigenvalue weighted by molar-refractivity contribution is 0.102. The van der Waals surface area contributed by atoms with E-state index in [0.717, 1.165) is 10.8 Å². The Morgan fingerprint density at radius 2 is 1.82 bits per heavy atom. The van der Waals surface area contributed by atoms with Gasteiger partial charge in [0.2, 0.25) is 0 Å². The summed E-state index contributed by atoms with van der Waals surface area (Å²) in [5.74, 6) is 0.689. The summed E-state index contributed by atoms with van der Waals surface area (Å²) in [5, 5.41) is 14.3. The van der Waals surface area contributed by atoms with E-state index in [1.807, 2.05) is 44.2 Å². The largest absolute Gasteiger partial charge is 0.493 e. The third kappa shape index (κ3) is 4.01. The highest BCUT2D eigenvalue weighted by atomic mass is 19.1. The summed E-state index contributed by atoms with van der Waals surface area (Å²) in [4.78, 5) is 22.5. The second-order valence-electron chi connectivity index (χ2n) is 8.60. The number of aryl methyl sites for hydroxylation is 1. The number of ether oxygens (including phenoxy) is 1. The van der Waals surface area contributed by atoms with Crippen LogP contribution in [0, 0.1) is 12.7 Å². The van der Waals surface area contributed by atoms with E-state index >= 15 is 0 Å². The lowest BCUT2D eigenvalue weighted by Crippen LogP contribution is -2.17. The van der Waals surface area contributed by atoms with E-state index in [4.69, 9.17) is 4.74 Å². The van der Waals surface area contributed by atoms with E-state index < -0.39 is 0 Å². The molecule has 0 radical (unpaired) electrons. The third-order valence-electron chi connectivity index (χ3n) is 6.11. The Balaban J connectivity index is 1.43. The summed E-state index contributed by atoms with van der Waals surface area (Å²) in [5.41, 5.74) is 2.28. The lowest BCUT2D eigenvalue weighted by atomic mass is 10.0. The Bertz CT molecular complexity index is 1810. The maximum absolute atomic E-state index is 13.7. The molecule has 0 aliphatic rings. The summed E-state index contributed by atoms with van der Waals surface area (Å²) < 4.78 is 22.4. The smallest absolute Gasteiger partial charge is 0.261 e. The summed E-state index contributed by atoms with van der Waals surface area (Å²) >= 11 is 0. The highest BCUT2D eigenvalue weighted by molar-refractivity contribution is 6.15. The number of carbonyl (C=O) groups excluding carboxylic acids is 1. The average molecular weight is 508 g/mol. The SMILES string of the molecule is CCOc1ccc2ccccc2c1C(=O)Nc1cc(C)nn1-c1ncnc2c1cnn2-c1ccc(F)cc1. The molecule has 3 aromatic carbocycles. The van der Waals surface area contributed by atoms with E-state index in [2.05, 4.69) is 25.5 Å². The molecular formula is C28H22FN7O2. The molecule has 0 fully saturated rings. The number of benzene rings is 3. The number of amides is 1. The Kier molecular flexibility index (Phi) is 5.76. The van der Waals surface area contributed by atoms with Crippen LogP contribution < -0.4 is 10.1 Å². The Labute approximate surface area is 216 Å². The second-order valence-corrected chi connectivity index (χ2v) is 8.60. The van der Waals surface area contributed by atoms with Crippen molar-refractivity contribution in [3.63, 3.8) is 0 Å². The number of rotatable bonds is 6. The molecule has 188 valence electrons. The molecule has 1 N–H and O–H groups in total. The quantitative estimate of drug-likeness (QED) is 0.330. The molecule has 10 heteroatoms. The highest BCUT2D eigenvalue weighted by Crippen LogP contribution is 2.30. The van der Waals surface area contributed by atoms with Gasteiger partial charge in [0.25, 0.3) is 5.91 Å². The number of fused-ring (bicyclic) bond motifs is 2. The van der Waals surface area contributed by atoms with Crippen molar-refractivity contribution < 1.29 is 13.9 Å². The van der Waals surface area contributed by atoms with Gasteiger partial charge in [0.05, 0.1) is 35.1 Å². The van der Waals surface area contributed by atoms with Crippen molar-refractivity contribution in [3.05, 3.63) is 96.3 Å². The first-order valence-corrected chi connectivity index (χ1v) is 12.0. The molecule has 0 spiro atoms. The molecule has 0 bridgehead atoms. The van der Waals surface area contributed by atoms with Crippen LogP contribution in [0.15, 0.2) is 79.3 Å². The number of hydrogen-bond donors (Lipinski definition) is 1. The monoisotopic (exact) mass is 507 g/mol. The maximum Gasteiger partial charge on any atom is 0.261 e. The van der Waals surface area contributed by atoms with Gasteiger partial charge in [-0.3, -0.25) is 4.79 Å². The number of aromatic nitrogens is 6. The molecule has 0 aliphatic heterocycles. The number of nitrogens with zero attached hydrogens (tertiary/aromatic N) is 6. The molecule has 0 saturated heterocycles. The second kappa shape index (κ2) is 9.40. The van der Waals surface area contributed by atoms with Crippen LogP contribution in [0.5, 0.6) is 5.75 Å². The van der Waals surface area contributed by atoms with Crippen LogP contribution in [0.25, 0.3) is 33.3 Å². The zero-order valence-electron chi connectivity index (χ0n) is 20.6. The van der Waals surface area contributed by atoms with Gasteiger partial charge in [-0.1, -0.05) is 30.3 Å². The molecule has 0 saturated carbocycles. The summed E-state index contributed by atoms with van der Waals surface area (Å²) in [6, 6.07) is 19.1. The highest BCUT2D eigenvalue weighted by Gasteiger charge is 2.21. The predicted octanol–water partition coefficient (Wildman–Crippen LogP) is 5.25. The Morgan fingerprint density at radius 3 is 2.63 bits per heavy atom. The fourth-order valence-electron chi connectivity index (χ4n) is 4.46. The van der Waals surface area contributed by atoms with Crippen LogP contribution in [0.2, 0.25) is 0 Å². The van der Waals surface area contributed by atoms with Crippen LogP contribution in [-0.2, 0) is 0 Å². The van der Waals surface area contributed by atoms with Crippen molar-refractivity contribution in [1.29, 1.82) is 0 Å². The van der Waals surface area contributed by atoms with Crippen molar-refractivity contribution in [2.75, 3.05) is 11.9 Å². The zero-order chi connectivity index (χ0) is 26.2. The van der Waals surface area contributed by atoms with E-state index in [1.54, 1.807) is 39.8 Å². The van der Waals surface area contributed by atoms with E-state index in [-0.39, 0.29) is 11.7 Å². The lowest BCUT2D eigenvalue weighted by Gasteiger charge is -2.14. The molecule has 6 rings (SSSR count). The summed E-state index contributed by atoms with van der Waals surface area (Å²) in [7, 11) is 0. The fourth-order valence-corrected chi connectivity index (χ4v) is 4.46. The number of hydrogen-bond acceptors (Lipinski definition) is 6. The first kappa shape index (κ1) is 23.3. The molecule has 0 atom stereocenters. The van der Waals surface area contributed by atoms with Gasteiger partial charge >= 0.3 is 0 Å². The van der Waals surface area contributed by atoms with Gasteiger partial charge < -0.3 is 10.1 Å².